The zero-order valence-electron chi connectivity index (χ0n) is 12.4. The van der Waals surface area contributed by atoms with Crippen LogP contribution in [0.25, 0.3) is 0 Å². The minimum Gasteiger partial charge on any atom is -0.480 e. The average Bonchev–Trinajstić information content (AvgIpc) is 2.51. The van der Waals surface area contributed by atoms with E-state index in [9.17, 15) is 23.5 Å². The summed E-state index contributed by atoms with van der Waals surface area (Å²) in [6, 6.07) is 9.01. The molecule has 4 nitrogen and oxygen atoms in total. The van der Waals surface area contributed by atoms with Gasteiger partial charge in [-0.25, -0.2) is 13.6 Å². The fourth-order valence-corrected chi connectivity index (χ4v) is 2.50. The first-order valence-electron chi connectivity index (χ1n) is 7.05. The number of carboxylic acids is 1. The van der Waals surface area contributed by atoms with Gasteiger partial charge >= 0.3 is 5.97 Å². The molecular formula is C17H14F2INO3. The summed E-state index contributed by atoms with van der Waals surface area (Å²) in [5.41, 5.74) is 0.767. The molecule has 0 fully saturated rings. The van der Waals surface area contributed by atoms with Crippen molar-refractivity contribution < 1.29 is 23.5 Å². The Morgan fingerprint density at radius 2 is 1.79 bits per heavy atom. The predicted octanol–water partition coefficient (Wildman–Crippen LogP) is 2.92. The molecule has 0 aliphatic rings. The molecule has 0 saturated carbocycles. The highest BCUT2D eigenvalue weighted by Gasteiger charge is 2.21. The van der Waals surface area contributed by atoms with Crippen molar-refractivity contribution in [2.75, 3.05) is 0 Å². The largest absolute Gasteiger partial charge is 0.480 e. The van der Waals surface area contributed by atoms with E-state index in [1.165, 1.54) is 6.07 Å². The number of nitrogens with one attached hydrogen (secondary N) is 1. The van der Waals surface area contributed by atoms with Gasteiger partial charge in [0.25, 0.3) is 0 Å². The summed E-state index contributed by atoms with van der Waals surface area (Å²) in [6.07, 6.45) is -0.244. The Morgan fingerprint density at radius 3 is 2.38 bits per heavy atom. The van der Waals surface area contributed by atoms with Crippen molar-refractivity contribution in [1.29, 1.82) is 0 Å². The van der Waals surface area contributed by atoms with Crippen LogP contribution in [0.3, 0.4) is 0 Å². The van der Waals surface area contributed by atoms with Crippen LogP contribution in [0.15, 0.2) is 42.5 Å². The Labute approximate surface area is 151 Å². The van der Waals surface area contributed by atoms with Crippen LogP contribution >= 0.6 is 22.6 Å². The molecule has 1 atom stereocenters. The van der Waals surface area contributed by atoms with Crippen molar-refractivity contribution in [3.05, 3.63) is 68.8 Å². The Morgan fingerprint density at radius 1 is 1.12 bits per heavy atom. The second-order valence-corrected chi connectivity index (χ2v) is 6.45. The van der Waals surface area contributed by atoms with Crippen molar-refractivity contribution in [2.45, 2.75) is 18.9 Å². The number of benzene rings is 2. The summed E-state index contributed by atoms with van der Waals surface area (Å²) >= 11 is 2.13. The maximum atomic E-state index is 13.6. The standard InChI is InChI=1S/C17H14F2INO3/c18-12-4-3-11(14(19)9-12)8-16(22)21-15(17(23)24)7-10-1-5-13(20)6-2-10/h1-6,9,15H,7-8H2,(H,21,22)(H,23,24)/t15-/m1/s1. The van der Waals surface area contributed by atoms with E-state index in [1.807, 2.05) is 12.1 Å². The molecule has 0 bridgehead atoms. The van der Waals surface area contributed by atoms with Crippen LogP contribution in [0.4, 0.5) is 8.78 Å². The number of carboxylic acid groups (broad SMARTS) is 1. The number of aliphatic carboxylic acids is 1. The maximum absolute atomic E-state index is 13.6. The number of hydrogen-bond acceptors (Lipinski definition) is 2. The maximum Gasteiger partial charge on any atom is 0.326 e. The molecule has 0 unspecified atom stereocenters. The highest BCUT2D eigenvalue weighted by molar-refractivity contribution is 14.1. The van der Waals surface area contributed by atoms with Crippen LogP contribution in [0.2, 0.25) is 0 Å². The van der Waals surface area contributed by atoms with Crippen molar-refractivity contribution in [2.24, 2.45) is 0 Å². The van der Waals surface area contributed by atoms with Crippen molar-refractivity contribution in [3.8, 4) is 0 Å². The lowest BCUT2D eigenvalue weighted by atomic mass is 10.1. The smallest absolute Gasteiger partial charge is 0.326 e. The van der Waals surface area contributed by atoms with Gasteiger partial charge in [0.2, 0.25) is 5.91 Å². The van der Waals surface area contributed by atoms with Gasteiger partial charge in [0.05, 0.1) is 6.42 Å². The first-order chi connectivity index (χ1) is 11.3. The second kappa shape index (κ2) is 8.18. The van der Waals surface area contributed by atoms with Gasteiger partial charge in [-0.05, 0) is 51.9 Å². The molecule has 0 saturated heterocycles. The Bertz CT molecular complexity index is 750. The molecule has 0 spiro atoms. The molecule has 24 heavy (non-hydrogen) atoms. The molecule has 2 aromatic rings. The SMILES string of the molecule is O=C(Cc1ccc(F)cc1F)N[C@H](Cc1ccc(I)cc1)C(=O)O. The van der Waals surface area contributed by atoms with Crippen molar-refractivity contribution in [1.82, 2.24) is 5.32 Å². The summed E-state index contributed by atoms with van der Waals surface area (Å²) in [6.45, 7) is 0. The quantitative estimate of drug-likeness (QED) is 0.673. The van der Waals surface area contributed by atoms with E-state index in [0.29, 0.717) is 6.07 Å². The summed E-state index contributed by atoms with van der Waals surface area (Å²) in [7, 11) is 0. The summed E-state index contributed by atoms with van der Waals surface area (Å²) < 4.78 is 27.4. The van der Waals surface area contributed by atoms with E-state index in [2.05, 4.69) is 27.9 Å². The molecule has 2 aromatic carbocycles. The van der Waals surface area contributed by atoms with E-state index in [-0.39, 0.29) is 18.4 Å². The number of amides is 1. The molecule has 7 heteroatoms. The monoisotopic (exact) mass is 445 g/mol. The molecular weight excluding hydrogens is 431 g/mol. The first kappa shape index (κ1) is 18.3. The van der Waals surface area contributed by atoms with E-state index in [4.69, 9.17) is 0 Å². The summed E-state index contributed by atoms with van der Waals surface area (Å²) in [4.78, 5) is 23.3. The summed E-state index contributed by atoms with van der Waals surface area (Å²) in [5.74, 6) is -3.40. The highest BCUT2D eigenvalue weighted by atomic mass is 127. The predicted molar refractivity (Wildman–Crippen MR) is 92.5 cm³/mol. The first-order valence-corrected chi connectivity index (χ1v) is 8.13. The number of carbonyl (C=O) groups is 2. The van der Waals surface area contributed by atoms with Gasteiger partial charge in [0.15, 0.2) is 0 Å². The van der Waals surface area contributed by atoms with Crippen LogP contribution in [-0.2, 0) is 22.4 Å². The number of halogens is 3. The van der Waals surface area contributed by atoms with Gasteiger partial charge in [-0.1, -0.05) is 18.2 Å². The Kier molecular flexibility index (Phi) is 6.24. The van der Waals surface area contributed by atoms with Gasteiger partial charge in [-0.3, -0.25) is 4.79 Å². The van der Waals surface area contributed by atoms with E-state index < -0.39 is 29.6 Å². The minimum atomic E-state index is -1.18. The zero-order valence-corrected chi connectivity index (χ0v) is 14.6. The van der Waals surface area contributed by atoms with E-state index in [1.54, 1.807) is 12.1 Å². The number of carbonyl (C=O) groups excluding carboxylic acids is 1. The second-order valence-electron chi connectivity index (χ2n) is 5.20. The fraction of sp³-hybridized carbons (Fsp3) is 0.176. The molecule has 0 aliphatic heterocycles. The van der Waals surface area contributed by atoms with Crippen molar-refractivity contribution in [3.63, 3.8) is 0 Å². The average molecular weight is 445 g/mol. The lowest BCUT2D eigenvalue weighted by Gasteiger charge is -2.15. The fourth-order valence-electron chi connectivity index (χ4n) is 2.14. The molecule has 0 heterocycles. The lowest BCUT2D eigenvalue weighted by Crippen LogP contribution is -2.43. The third-order valence-corrected chi connectivity index (χ3v) is 4.07. The lowest BCUT2D eigenvalue weighted by molar-refractivity contribution is -0.141. The van der Waals surface area contributed by atoms with Gasteiger partial charge in [-0.2, -0.15) is 0 Å². The van der Waals surface area contributed by atoms with Gasteiger partial charge < -0.3 is 10.4 Å². The highest BCUT2D eigenvalue weighted by Crippen LogP contribution is 2.11. The molecule has 126 valence electrons. The van der Waals surface area contributed by atoms with E-state index in [0.717, 1.165) is 15.2 Å². The number of rotatable bonds is 6. The third-order valence-electron chi connectivity index (χ3n) is 3.35. The molecule has 1 amide bonds. The van der Waals surface area contributed by atoms with Crippen LogP contribution in [0, 0.1) is 15.2 Å². The van der Waals surface area contributed by atoms with Gasteiger partial charge in [0.1, 0.15) is 17.7 Å². The topological polar surface area (TPSA) is 66.4 Å². The van der Waals surface area contributed by atoms with Crippen molar-refractivity contribution >= 4 is 34.5 Å². The van der Waals surface area contributed by atoms with E-state index >= 15 is 0 Å². The molecule has 0 aromatic heterocycles. The van der Waals surface area contributed by atoms with Crippen LogP contribution in [0.5, 0.6) is 0 Å². The normalized spacial score (nSPS) is 11.8. The van der Waals surface area contributed by atoms with Crippen LogP contribution in [-0.4, -0.2) is 23.0 Å². The Hall–Kier alpha value is -2.03. The van der Waals surface area contributed by atoms with Gasteiger partial charge in [0, 0.05) is 16.1 Å². The zero-order chi connectivity index (χ0) is 17.7. The Balaban J connectivity index is 2.02. The summed E-state index contributed by atoms with van der Waals surface area (Å²) in [5, 5.41) is 11.6. The van der Waals surface area contributed by atoms with Gasteiger partial charge in [-0.15, -0.1) is 0 Å². The van der Waals surface area contributed by atoms with Crippen LogP contribution < -0.4 is 5.32 Å². The molecule has 2 N–H and O–H groups in total. The minimum absolute atomic E-state index is 0.00676. The molecule has 0 radical (unpaired) electrons. The molecule has 2 rings (SSSR count). The molecule has 0 aliphatic carbocycles. The van der Waals surface area contributed by atoms with Crippen LogP contribution in [0.1, 0.15) is 11.1 Å². The third kappa shape index (κ3) is 5.26. The number of hydrogen-bond donors (Lipinski definition) is 2.